The molecule has 1 heterocycles. The van der Waals surface area contributed by atoms with Crippen LogP contribution >= 0.6 is 0 Å². The molecule has 0 amide bonds. The van der Waals surface area contributed by atoms with E-state index in [0.29, 0.717) is 0 Å². The van der Waals surface area contributed by atoms with Gasteiger partial charge in [-0.05, 0) is 12.1 Å². The normalized spacial score (nSPS) is 12.3. The number of hydrogen-bond donors (Lipinski definition) is 1. The Morgan fingerprint density at radius 2 is 1.52 bits per heavy atom. The van der Waals surface area contributed by atoms with Gasteiger partial charge in [0, 0.05) is 12.7 Å². The first-order chi connectivity index (χ1) is 9.97. The monoisotopic (exact) mass is 304 g/mol. The minimum atomic E-state index is -2.25. The molecule has 0 aliphatic heterocycles. The van der Waals surface area contributed by atoms with Crippen LogP contribution in [0.15, 0.2) is 24.4 Å². The molecule has 2 aromatic rings. The van der Waals surface area contributed by atoms with E-state index in [0.717, 1.165) is 0 Å². The van der Waals surface area contributed by atoms with Crippen LogP contribution in [0.5, 0.6) is 5.75 Å². The Labute approximate surface area is 116 Å². The summed E-state index contributed by atoms with van der Waals surface area (Å²) in [4.78, 5) is 3.86. The summed E-state index contributed by atoms with van der Waals surface area (Å²) >= 11 is 0. The Balaban J connectivity index is 2.43. The summed E-state index contributed by atoms with van der Waals surface area (Å²) in [5.41, 5.74) is 5.59. The average molecular weight is 304 g/mol. The van der Waals surface area contributed by atoms with Crippen molar-refractivity contribution in [2.24, 2.45) is 5.73 Å². The van der Waals surface area contributed by atoms with E-state index in [4.69, 9.17) is 10.5 Å². The number of rotatable bonds is 4. The molecule has 21 heavy (non-hydrogen) atoms. The highest BCUT2D eigenvalue weighted by Gasteiger charge is 2.29. The third-order valence-electron chi connectivity index (χ3n) is 2.66. The van der Waals surface area contributed by atoms with Crippen LogP contribution in [0.4, 0.5) is 22.0 Å². The van der Waals surface area contributed by atoms with E-state index in [1.807, 2.05) is 0 Å². The van der Waals surface area contributed by atoms with E-state index < -0.39 is 40.9 Å². The third kappa shape index (κ3) is 2.80. The molecule has 0 bridgehead atoms. The summed E-state index contributed by atoms with van der Waals surface area (Å²) < 4.78 is 70.9. The van der Waals surface area contributed by atoms with Crippen molar-refractivity contribution >= 4 is 0 Å². The highest BCUT2D eigenvalue weighted by Crippen LogP contribution is 2.31. The average Bonchev–Trinajstić information content (AvgIpc) is 2.52. The molecule has 1 atom stereocenters. The van der Waals surface area contributed by atoms with Gasteiger partial charge in [0.05, 0.1) is 5.69 Å². The largest absolute Gasteiger partial charge is 0.476 e. The Hall–Kier alpha value is -2.22. The number of benzene rings is 1. The Kier molecular flexibility index (Phi) is 4.37. The summed E-state index contributed by atoms with van der Waals surface area (Å²) in [6, 6.07) is 4.59. The topological polar surface area (TPSA) is 48.1 Å². The molecule has 3 nitrogen and oxygen atoms in total. The van der Waals surface area contributed by atoms with Crippen molar-refractivity contribution in [2.75, 3.05) is 6.54 Å². The summed E-state index contributed by atoms with van der Waals surface area (Å²) in [6.45, 7) is -0.267. The maximum atomic E-state index is 13.5. The molecule has 0 spiro atoms. The number of nitrogens with two attached hydrogens (primary N) is 1. The minimum absolute atomic E-state index is 0.198. The van der Waals surface area contributed by atoms with Gasteiger partial charge in [-0.1, -0.05) is 6.07 Å². The molecular formula is C13H9F5N2O. The maximum absolute atomic E-state index is 13.5. The van der Waals surface area contributed by atoms with Crippen LogP contribution in [-0.4, -0.2) is 11.5 Å². The number of hydrogen-bond acceptors (Lipinski definition) is 3. The van der Waals surface area contributed by atoms with Gasteiger partial charge in [0.2, 0.25) is 29.1 Å². The van der Waals surface area contributed by atoms with Crippen molar-refractivity contribution in [1.29, 1.82) is 0 Å². The van der Waals surface area contributed by atoms with Gasteiger partial charge in [-0.15, -0.1) is 0 Å². The van der Waals surface area contributed by atoms with Crippen molar-refractivity contribution in [3.8, 4) is 5.75 Å². The fourth-order valence-electron chi connectivity index (χ4n) is 1.63. The second kappa shape index (κ2) is 6.04. The zero-order valence-corrected chi connectivity index (χ0v) is 10.4. The van der Waals surface area contributed by atoms with Crippen molar-refractivity contribution < 1.29 is 26.7 Å². The lowest BCUT2D eigenvalue weighted by atomic mass is 10.2. The third-order valence-corrected chi connectivity index (χ3v) is 2.66. The predicted molar refractivity (Wildman–Crippen MR) is 62.9 cm³/mol. The number of halogens is 5. The summed E-state index contributed by atoms with van der Waals surface area (Å²) in [5, 5.41) is 0. The van der Waals surface area contributed by atoms with Crippen molar-refractivity contribution in [3.05, 3.63) is 59.2 Å². The minimum Gasteiger partial charge on any atom is -0.476 e. The first kappa shape index (κ1) is 15.2. The zero-order chi connectivity index (χ0) is 15.6. The van der Waals surface area contributed by atoms with Gasteiger partial charge in [0.15, 0.2) is 11.9 Å². The quantitative estimate of drug-likeness (QED) is 0.537. The van der Waals surface area contributed by atoms with E-state index in [1.165, 1.54) is 12.3 Å². The van der Waals surface area contributed by atoms with E-state index in [-0.39, 0.29) is 12.2 Å². The molecule has 1 aromatic carbocycles. The van der Waals surface area contributed by atoms with Gasteiger partial charge in [-0.25, -0.2) is 13.2 Å². The van der Waals surface area contributed by atoms with Gasteiger partial charge in [-0.3, -0.25) is 4.98 Å². The van der Waals surface area contributed by atoms with Crippen molar-refractivity contribution in [2.45, 2.75) is 6.10 Å². The highest BCUT2D eigenvalue weighted by atomic mass is 19.2. The standard InChI is InChI=1S/C13H9F5N2O/c14-8-9(15)11(17)13(12(18)10(8)16)21-7(5-19)6-3-1-2-4-20-6/h1-4,7H,5,19H2. The molecule has 1 unspecified atom stereocenters. The molecule has 0 fully saturated rings. The molecule has 8 heteroatoms. The summed E-state index contributed by atoms with van der Waals surface area (Å²) in [7, 11) is 0. The van der Waals surface area contributed by atoms with Crippen molar-refractivity contribution in [1.82, 2.24) is 4.98 Å². The fraction of sp³-hybridized carbons (Fsp3) is 0.154. The van der Waals surface area contributed by atoms with Crippen LogP contribution in [0.3, 0.4) is 0 Å². The second-order valence-corrected chi connectivity index (χ2v) is 4.00. The van der Waals surface area contributed by atoms with Crippen LogP contribution in [0.1, 0.15) is 11.8 Å². The van der Waals surface area contributed by atoms with Crippen LogP contribution in [0.25, 0.3) is 0 Å². The van der Waals surface area contributed by atoms with Gasteiger partial charge >= 0.3 is 0 Å². The van der Waals surface area contributed by atoms with Crippen LogP contribution in [-0.2, 0) is 0 Å². The lowest BCUT2D eigenvalue weighted by Crippen LogP contribution is -2.21. The summed E-state index contributed by atoms with van der Waals surface area (Å²) in [5.74, 6) is -11.9. The van der Waals surface area contributed by atoms with Gasteiger partial charge < -0.3 is 10.5 Å². The van der Waals surface area contributed by atoms with Crippen LogP contribution < -0.4 is 10.5 Å². The summed E-state index contributed by atoms with van der Waals surface area (Å²) in [6.07, 6.45) is 0.222. The zero-order valence-electron chi connectivity index (χ0n) is 10.4. The first-order valence-corrected chi connectivity index (χ1v) is 5.76. The molecule has 0 aliphatic rings. The number of pyridine rings is 1. The predicted octanol–water partition coefficient (Wildman–Crippen LogP) is 2.86. The van der Waals surface area contributed by atoms with Crippen LogP contribution in [0.2, 0.25) is 0 Å². The highest BCUT2D eigenvalue weighted by molar-refractivity contribution is 5.30. The molecule has 0 aliphatic carbocycles. The second-order valence-electron chi connectivity index (χ2n) is 4.00. The number of nitrogens with zero attached hydrogens (tertiary/aromatic N) is 1. The van der Waals surface area contributed by atoms with Gasteiger partial charge in [0.25, 0.3) is 0 Å². The molecule has 0 radical (unpaired) electrons. The molecule has 2 rings (SSSR count). The Morgan fingerprint density at radius 3 is 2.00 bits per heavy atom. The van der Waals surface area contributed by atoms with Gasteiger partial charge in [0.1, 0.15) is 0 Å². The van der Waals surface area contributed by atoms with Crippen molar-refractivity contribution in [3.63, 3.8) is 0 Å². The van der Waals surface area contributed by atoms with Crippen LogP contribution in [0, 0.1) is 29.1 Å². The molecular weight excluding hydrogens is 295 g/mol. The SMILES string of the molecule is NCC(Oc1c(F)c(F)c(F)c(F)c1F)c1ccccn1. The fourth-order valence-corrected chi connectivity index (χ4v) is 1.63. The maximum Gasteiger partial charge on any atom is 0.207 e. The molecule has 1 aromatic heterocycles. The molecule has 0 saturated carbocycles. The lowest BCUT2D eigenvalue weighted by Gasteiger charge is -2.18. The van der Waals surface area contributed by atoms with E-state index in [1.54, 1.807) is 12.1 Å². The first-order valence-electron chi connectivity index (χ1n) is 5.76. The number of aromatic nitrogens is 1. The Bertz CT molecular complexity index is 622. The van der Waals surface area contributed by atoms with E-state index in [2.05, 4.69) is 4.98 Å². The Morgan fingerprint density at radius 1 is 0.952 bits per heavy atom. The lowest BCUT2D eigenvalue weighted by molar-refractivity contribution is 0.181. The smallest absolute Gasteiger partial charge is 0.207 e. The van der Waals surface area contributed by atoms with E-state index in [9.17, 15) is 22.0 Å². The van der Waals surface area contributed by atoms with Gasteiger partial charge in [-0.2, -0.15) is 8.78 Å². The van der Waals surface area contributed by atoms with E-state index >= 15 is 0 Å². The number of ether oxygens (including phenoxy) is 1. The molecule has 0 saturated heterocycles. The molecule has 2 N–H and O–H groups in total. The molecule has 112 valence electrons.